The van der Waals surface area contributed by atoms with Crippen molar-refractivity contribution in [2.24, 2.45) is 5.73 Å². The van der Waals surface area contributed by atoms with Gasteiger partial charge in [-0.15, -0.1) is 0 Å². The molecule has 0 bridgehead atoms. The summed E-state index contributed by atoms with van der Waals surface area (Å²) in [5.41, 5.74) is 5.35. The van der Waals surface area contributed by atoms with Gasteiger partial charge in [0, 0.05) is 25.5 Å². The Kier molecular flexibility index (Phi) is 2.12. The predicted octanol–water partition coefficient (Wildman–Crippen LogP) is -1.01. The topological polar surface area (TPSA) is 91.2 Å². The van der Waals surface area contributed by atoms with Crippen molar-refractivity contribution in [3.8, 4) is 0 Å². The predicted molar refractivity (Wildman–Crippen MR) is 50.8 cm³/mol. The number of nitrogens with zero attached hydrogens (tertiary/aromatic N) is 3. The largest absolute Gasteiger partial charge is 0.389 e. The minimum Gasteiger partial charge on any atom is -0.389 e. The van der Waals surface area contributed by atoms with Gasteiger partial charge >= 0.3 is 0 Å². The average Bonchev–Trinajstić information content (AvgIpc) is 2.71. The molecular weight excluding hydrogens is 182 g/mol. The second kappa shape index (κ2) is 3.30. The van der Waals surface area contributed by atoms with Crippen molar-refractivity contribution in [1.82, 2.24) is 14.5 Å². The van der Waals surface area contributed by atoms with E-state index in [-0.39, 0.29) is 12.0 Å². The Morgan fingerprint density at radius 2 is 2.36 bits per heavy atom. The zero-order chi connectivity index (χ0) is 10.1. The number of aromatic nitrogens is 2. The van der Waals surface area contributed by atoms with Gasteiger partial charge in [-0.1, -0.05) is 0 Å². The highest BCUT2D eigenvalue weighted by atomic mass is 16.3. The van der Waals surface area contributed by atoms with Crippen LogP contribution >= 0.6 is 0 Å². The number of nitrogens with one attached hydrogen (secondary N) is 1. The molecule has 2 heterocycles. The first-order valence-corrected chi connectivity index (χ1v) is 4.43. The molecule has 76 valence electrons. The first-order valence-electron chi connectivity index (χ1n) is 4.43. The van der Waals surface area contributed by atoms with E-state index in [0.29, 0.717) is 13.1 Å². The molecule has 0 aromatic carbocycles. The molecule has 14 heavy (non-hydrogen) atoms. The molecule has 1 aliphatic heterocycles. The van der Waals surface area contributed by atoms with E-state index >= 15 is 0 Å². The fraction of sp³-hybridized carbons (Fsp3) is 0.500. The van der Waals surface area contributed by atoms with Crippen LogP contribution in [0.2, 0.25) is 0 Å². The van der Waals surface area contributed by atoms with Gasteiger partial charge in [0.1, 0.15) is 0 Å². The van der Waals surface area contributed by atoms with Gasteiger partial charge in [-0.3, -0.25) is 5.41 Å². The van der Waals surface area contributed by atoms with E-state index in [1.165, 1.54) is 0 Å². The van der Waals surface area contributed by atoms with Crippen LogP contribution in [0.5, 0.6) is 0 Å². The van der Waals surface area contributed by atoms with Crippen LogP contribution in [-0.2, 0) is 0 Å². The van der Waals surface area contributed by atoms with Gasteiger partial charge in [-0.25, -0.2) is 4.98 Å². The zero-order valence-corrected chi connectivity index (χ0v) is 7.67. The van der Waals surface area contributed by atoms with Gasteiger partial charge in [0.15, 0.2) is 5.96 Å². The van der Waals surface area contributed by atoms with Crippen LogP contribution in [0.15, 0.2) is 18.7 Å². The van der Waals surface area contributed by atoms with Gasteiger partial charge in [0.05, 0.1) is 18.5 Å². The molecule has 0 spiro atoms. The molecule has 2 rings (SSSR count). The van der Waals surface area contributed by atoms with Gasteiger partial charge < -0.3 is 20.3 Å². The Bertz CT molecular complexity index is 322. The summed E-state index contributed by atoms with van der Waals surface area (Å²) >= 11 is 0. The molecule has 1 aromatic heterocycles. The number of guanidine groups is 1. The van der Waals surface area contributed by atoms with Crippen LogP contribution in [0.1, 0.15) is 6.04 Å². The fourth-order valence-electron chi connectivity index (χ4n) is 1.72. The maximum Gasteiger partial charge on any atom is 0.188 e. The quantitative estimate of drug-likeness (QED) is 0.395. The third kappa shape index (κ3) is 1.44. The number of hydrogen-bond donors (Lipinski definition) is 3. The van der Waals surface area contributed by atoms with E-state index in [1.54, 1.807) is 23.6 Å². The maximum atomic E-state index is 9.74. The molecule has 0 saturated carbocycles. The van der Waals surface area contributed by atoms with Crippen molar-refractivity contribution in [2.45, 2.75) is 12.1 Å². The van der Waals surface area contributed by atoms with Crippen molar-refractivity contribution in [3.05, 3.63) is 18.7 Å². The summed E-state index contributed by atoms with van der Waals surface area (Å²) in [4.78, 5) is 5.57. The summed E-state index contributed by atoms with van der Waals surface area (Å²) in [6.45, 7) is 0.977. The van der Waals surface area contributed by atoms with Crippen molar-refractivity contribution < 1.29 is 5.11 Å². The Morgan fingerprint density at radius 1 is 1.57 bits per heavy atom. The number of nitrogens with two attached hydrogens (primary N) is 1. The minimum absolute atomic E-state index is 0.00617. The SMILES string of the molecule is N=C(N)N1C[C@H](O)[C@@H](n2ccnc2)C1. The summed E-state index contributed by atoms with van der Waals surface area (Å²) in [7, 11) is 0. The van der Waals surface area contributed by atoms with Crippen LogP contribution in [0.3, 0.4) is 0 Å². The van der Waals surface area contributed by atoms with Crippen molar-refractivity contribution >= 4 is 5.96 Å². The molecule has 1 saturated heterocycles. The van der Waals surface area contributed by atoms with Crippen molar-refractivity contribution in [3.63, 3.8) is 0 Å². The van der Waals surface area contributed by atoms with Crippen LogP contribution in [-0.4, -0.2) is 44.7 Å². The number of aliphatic hydroxyl groups excluding tert-OH is 1. The Labute approximate surface area is 81.5 Å². The molecule has 6 heteroatoms. The fourth-order valence-corrected chi connectivity index (χ4v) is 1.72. The molecule has 0 aliphatic carbocycles. The van der Waals surface area contributed by atoms with Crippen LogP contribution in [0.25, 0.3) is 0 Å². The first kappa shape index (κ1) is 9.01. The highest BCUT2D eigenvalue weighted by molar-refractivity contribution is 5.75. The molecule has 1 fully saturated rings. The summed E-state index contributed by atoms with van der Waals surface area (Å²) in [6.07, 6.45) is 4.64. The van der Waals surface area contributed by atoms with E-state index in [9.17, 15) is 5.11 Å². The summed E-state index contributed by atoms with van der Waals surface area (Å²) in [5, 5.41) is 17.0. The molecular formula is C8H13N5O. The molecule has 2 atom stereocenters. The van der Waals surface area contributed by atoms with E-state index in [0.717, 1.165) is 0 Å². The normalized spacial score (nSPS) is 26.8. The van der Waals surface area contributed by atoms with E-state index in [1.807, 2.05) is 4.57 Å². The van der Waals surface area contributed by atoms with E-state index in [4.69, 9.17) is 11.1 Å². The third-order valence-corrected chi connectivity index (χ3v) is 2.51. The van der Waals surface area contributed by atoms with E-state index < -0.39 is 6.10 Å². The molecule has 0 amide bonds. The van der Waals surface area contributed by atoms with Crippen molar-refractivity contribution in [1.29, 1.82) is 5.41 Å². The minimum atomic E-state index is -0.493. The number of aliphatic hydroxyl groups is 1. The third-order valence-electron chi connectivity index (χ3n) is 2.51. The summed E-state index contributed by atoms with van der Waals surface area (Å²) in [6, 6.07) is -0.0543. The highest BCUT2D eigenvalue weighted by Gasteiger charge is 2.32. The standard InChI is InChI=1S/C8H13N5O/c9-8(10)13-3-6(7(14)4-13)12-2-1-11-5-12/h1-2,5-7,14H,3-4H2,(H3,9,10)/t6-,7-/m0/s1. The summed E-state index contributed by atoms with van der Waals surface area (Å²) in [5.74, 6) is 0.00617. The number of likely N-dealkylation sites (tertiary alicyclic amines) is 1. The Balaban J connectivity index is 2.12. The van der Waals surface area contributed by atoms with Gasteiger partial charge in [0.2, 0.25) is 0 Å². The molecule has 4 N–H and O–H groups in total. The van der Waals surface area contributed by atoms with Crippen LogP contribution in [0.4, 0.5) is 0 Å². The second-order valence-electron chi connectivity index (χ2n) is 3.43. The lowest BCUT2D eigenvalue weighted by molar-refractivity contribution is 0.148. The van der Waals surface area contributed by atoms with Crippen molar-refractivity contribution in [2.75, 3.05) is 13.1 Å². The van der Waals surface area contributed by atoms with E-state index in [2.05, 4.69) is 4.98 Å². The highest BCUT2D eigenvalue weighted by Crippen LogP contribution is 2.21. The number of rotatable bonds is 1. The van der Waals surface area contributed by atoms with Gasteiger partial charge in [-0.05, 0) is 0 Å². The zero-order valence-electron chi connectivity index (χ0n) is 7.67. The summed E-state index contributed by atoms with van der Waals surface area (Å²) < 4.78 is 1.84. The molecule has 0 radical (unpaired) electrons. The monoisotopic (exact) mass is 195 g/mol. The lowest BCUT2D eigenvalue weighted by atomic mass is 10.2. The lowest BCUT2D eigenvalue weighted by Gasteiger charge is -2.15. The van der Waals surface area contributed by atoms with Gasteiger partial charge in [0.25, 0.3) is 0 Å². The lowest BCUT2D eigenvalue weighted by Crippen LogP contribution is -2.35. The maximum absolute atomic E-state index is 9.74. The number of β-amino-alcohol motifs (C(OH)–C–C–N with tert-alkyl or cyclic N) is 1. The van der Waals surface area contributed by atoms with Crippen LogP contribution in [0, 0.1) is 5.41 Å². The number of imidazole rings is 1. The molecule has 6 nitrogen and oxygen atoms in total. The Morgan fingerprint density at radius 3 is 2.86 bits per heavy atom. The smallest absolute Gasteiger partial charge is 0.188 e. The first-order chi connectivity index (χ1) is 6.68. The van der Waals surface area contributed by atoms with Crippen LogP contribution < -0.4 is 5.73 Å². The van der Waals surface area contributed by atoms with Gasteiger partial charge in [-0.2, -0.15) is 0 Å². The number of hydrogen-bond acceptors (Lipinski definition) is 3. The Hall–Kier alpha value is -1.56. The second-order valence-corrected chi connectivity index (χ2v) is 3.43. The molecule has 1 aromatic rings. The average molecular weight is 195 g/mol. The molecule has 1 aliphatic rings. The molecule has 0 unspecified atom stereocenters.